The monoisotopic (exact) mass is 404 g/mol. The summed E-state index contributed by atoms with van der Waals surface area (Å²) in [7, 11) is 1.29. The smallest absolute Gasteiger partial charge is 0.333 e. The normalized spacial score (nSPS) is 16.0. The molecule has 2 aromatic carbocycles. The zero-order valence-corrected chi connectivity index (χ0v) is 16.6. The Labute approximate surface area is 173 Å². The van der Waals surface area contributed by atoms with Crippen LogP contribution in [0.2, 0.25) is 0 Å². The predicted molar refractivity (Wildman–Crippen MR) is 111 cm³/mol. The van der Waals surface area contributed by atoms with E-state index in [0.717, 1.165) is 16.5 Å². The van der Waals surface area contributed by atoms with Gasteiger partial charge in [-0.15, -0.1) is 0 Å². The zero-order valence-electron chi connectivity index (χ0n) is 16.6. The Bertz CT molecular complexity index is 1180. The van der Waals surface area contributed by atoms with Crippen LogP contribution in [0.3, 0.4) is 0 Å². The number of hydrogen-bond donors (Lipinski definition) is 1. The molecule has 2 heterocycles. The first-order chi connectivity index (χ1) is 14.5. The summed E-state index contributed by atoms with van der Waals surface area (Å²) >= 11 is 0. The second kappa shape index (κ2) is 7.94. The summed E-state index contributed by atoms with van der Waals surface area (Å²) in [6.45, 7) is 4.23. The minimum Gasteiger partial charge on any atom is -0.490 e. The second-order valence-corrected chi connectivity index (χ2v) is 7.26. The van der Waals surface area contributed by atoms with Crippen molar-refractivity contribution in [1.82, 2.24) is 4.57 Å². The van der Waals surface area contributed by atoms with Gasteiger partial charge in [-0.25, -0.2) is 4.79 Å². The van der Waals surface area contributed by atoms with Crippen molar-refractivity contribution < 1.29 is 24.1 Å². The van der Waals surface area contributed by atoms with Gasteiger partial charge in [0.15, 0.2) is 6.04 Å². The van der Waals surface area contributed by atoms with Gasteiger partial charge in [0, 0.05) is 17.1 Å². The van der Waals surface area contributed by atoms with Crippen LogP contribution in [0, 0.1) is 0 Å². The van der Waals surface area contributed by atoms with Gasteiger partial charge in [-0.05, 0) is 17.7 Å². The Kier molecular flexibility index (Phi) is 5.18. The van der Waals surface area contributed by atoms with Crippen molar-refractivity contribution in [3.8, 4) is 5.88 Å². The molecule has 1 aliphatic heterocycles. The van der Waals surface area contributed by atoms with Crippen LogP contribution in [0.5, 0.6) is 5.88 Å². The number of esters is 1. The molecule has 0 saturated heterocycles. The molecule has 1 aromatic heterocycles. The molecule has 0 spiro atoms. The number of nitrogens with zero attached hydrogens (tertiary/aromatic N) is 3. The first-order valence-electron chi connectivity index (χ1n) is 9.63. The van der Waals surface area contributed by atoms with Crippen LogP contribution in [0.1, 0.15) is 18.4 Å². The number of methoxy groups -OCH3 is 1. The topological polar surface area (TPSA) is 83.9 Å². The third-order valence-electron chi connectivity index (χ3n) is 5.26. The Hall–Kier alpha value is -3.74. The van der Waals surface area contributed by atoms with E-state index in [1.165, 1.54) is 11.8 Å². The van der Waals surface area contributed by atoms with E-state index in [9.17, 15) is 14.7 Å². The maximum Gasteiger partial charge on any atom is 0.333 e. The summed E-state index contributed by atoms with van der Waals surface area (Å²) < 4.78 is 8.05. The largest absolute Gasteiger partial charge is 0.490 e. The molecule has 7 nitrogen and oxygen atoms in total. The van der Waals surface area contributed by atoms with Crippen molar-refractivity contribution in [2.45, 2.75) is 25.4 Å². The lowest BCUT2D eigenvalue weighted by Gasteiger charge is -2.08. The number of benzene rings is 2. The highest BCUT2D eigenvalue weighted by molar-refractivity contribution is 5.93. The van der Waals surface area contributed by atoms with E-state index in [2.05, 4.69) is 11.7 Å². The summed E-state index contributed by atoms with van der Waals surface area (Å²) in [5.74, 6) is -0.811. The predicted octanol–water partition coefficient (Wildman–Crippen LogP) is 3.91. The van der Waals surface area contributed by atoms with Gasteiger partial charge in [-0.1, -0.05) is 53.7 Å². The zero-order chi connectivity index (χ0) is 21.3. The number of fused-ring (bicyclic) bond motifs is 1. The number of hydrogen-bond acceptors (Lipinski definition) is 4. The van der Waals surface area contributed by atoms with E-state index >= 15 is 0 Å². The van der Waals surface area contributed by atoms with Crippen molar-refractivity contribution >= 4 is 28.5 Å². The standard InChI is InChI=1S/C23H21N3O4/c1-15(23(29)30-2)12-17-13-20(27)24-26(17)21-18-10-6-7-11-19(18)25(22(21)28)14-16-8-4-3-5-9-16/h3-11,17H,1,12-14H2,2H3/p+1/t17-/m1/s1. The molecule has 0 radical (unpaired) electrons. The molecule has 0 bridgehead atoms. The van der Waals surface area contributed by atoms with E-state index in [1.807, 2.05) is 54.6 Å². The molecule has 0 aliphatic carbocycles. The summed E-state index contributed by atoms with van der Waals surface area (Å²) in [6, 6.07) is 17.0. The molecule has 4 rings (SSSR count). The molecule has 0 unspecified atom stereocenters. The summed E-state index contributed by atoms with van der Waals surface area (Å²) in [6.07, 6.45) is 0.340. The lowest BCUT2D eigenvalue weighted by molar-refractivity contribution is -0.534. The van der Waals surface area contributed by atoms with Crippen LogP contribution < -0.4 is 0 Å². The quantitative estimate of drug-likeness (QED) is 0.384. The van der Waals surface area contributed by atoms with Gasteiger partial charge in [0.05, 0.1) is 31.0 Å². The van der Waals surface area contributed by atoms with Crippen LogP contribution >= 0.6 is 0 Å². The fraction of sp³-hybridized carbons (Fsp3) is 0.217. The van der Waals surface area contributed by atoms with Gasteiger partial charge in [0.1, 0.15) is 0 Å². The second-order valence-electron chi connectivity index (χ2n) is 7.26. The van der Waals surface area contributed by atoms with Crippen LogP contribution in [0.15, 0.2) is 71.9 Å². The summed E-state index contributed by atoms with van der Waals surface area (Å²) in [5.41, 5.74) is 2.57. The summed E-state index contributed by atoms with van der Waals surface area (Å²) in [4.78, 5) is 24.0. The SMILES string of the molecule is C=C(C[C@@H]1CC(=O)N=[N+]1c1c(O)n(Cc2ccccc2)c2ccccc12)C(=O)OC. The maximum absolute atomic E-state index is 12.2. The fourth-order valence-corrected chi connectivity index (χ4v) is 3.86. The highest BCUT2D eigenvalue weighted by Crippen LogP contribution is 2.42. The van der Waals surface area contributed by atoms with Crippen LogP contribution in [0.4, 0.5) is 5.69 Å². The lowest BCUT2D eigenvalue weighted by atomic mass is 10.0. The lowest BCUT2D eigenvalue weighted by Crippen LogP contribution is -2.20. The summed E-state index contributed by atoms with van der Waals surface area (Å²) in [5, 5.41) is 16.1. The molecule has 1 N–H and O–H groups in total. The van der Waals surface area contributed by atoms with Gasteiger partial charge in [-0.2, -0.15) is 0 Å². The number of aromatic hydroxyl groups is 1. The van der Waals surface area contributed by atoms with Crippen molar-refractivity contribution in [2.75, 3.05) is 7.11 Å². The number of azo groups is 2. The van der Waals surface area contributed by atoms with Crippen molar-refractivity contribution in [3.63, 3.8) is 0 Å². The fourth-order valence-electron chi connectivity index (χ4n) is 3.86. The molecule has 152 valence electrons. The van der Waals surface area contributed by atoms with Crippen molar-refractivity contribution in [2.24, 2.45) is 5.11 Å². The number of aromatic nitrogens is 1. The van der Waals surface area contributed by atoms with Crippen LogP contribution in [0.25, 0.3) is 10.9 Å². The Morgan fingerprint density at radius 2 is 1.93 bits per heavy atom. The van der Waals surface area contributed by atoms with Crippen LogP contribution in [-0.2, 0) is 20.9 Å². The third-order valence-corrected chi connectivity index (χ3v) is 5.26. The number of carbonyl (C=O) groups is 2. The molecule has 0 saturated carbocycles. The van der Waals surface area contributed by atoms with E-state index < -0.39 is 12.0 Å². The average molecular weight is 404 g/mol. The number of carbonyl (C=O) groups excluding carboxylic acids is 2. The third kappa shape index (κ3) is 3.50. The van der Waals surface area contributed by atoms with Crippen molar-refractivity contribution in [3.05, 3.63) is 72.3 Å². The van der Waals surface area contributed by atoms with E-state index in [0.29, 0.717) is 12.2 Å². The molecular weight excluding hydrogens is 382 g/mol. The molecule has 1 atom stereocenters. The molecular formula is C23H22N3O4+. The first kappa shape index (κ1) is 19.6. The number of ether oxygens (including phenoxy) is 1. The van der Waals surface area contributed by atoms with Gasteiger partial charge in [-0.3, -0.25) is 4.79 Å². The Balaban J connectivity index is 1.79. The minimum absolute atomic E-state index is 0.0205. The van der Waals surface area contributed by atoms with E-state index in [-0.39, 0.29) is 30.2 Å². The van der Waals surface area contributed by atoms with E-state index in [1.54, 1.807) is 4.57 Å². The van der Waals surface area contributed by atoms with Gasteiger partial charge >= 0.3 is 17.6 Å². The molecule has 7 heteroatoms. The molecule has 30 heavy (non-hydrogen) atoms. The number of rotatable bonds is 6. The maximum atomic E-state index is 12.2. The van der Waals surface area contributed by atoms with Gasteiger partial charge in [0.2, 0.25) is 0 Å². The van der Waals surface area contributed by atoms with Gasteiger partial charge in [0.25, 0.3) is 5.88 Å². The Morgan fingerprint density at radius 1 is 1.23 bits per heavy atom. The van der Waals surface area contributed by atoms with Crippen LogP contribution in [-0.4, -0.2) is 39.4 Å². The first-order valence-corrected chi connectivity index (χ1v) is 9.63. The molecule has 1 amide bonds. The van der Waals surface area contributed by atoms with Gasteiger partial charge < -0.3 is 14.4 Å². The van der Waals surface area contributed by atoms with Crippen molar-refractivity contribution in [1.29, 1.82) is 0 Å². The number of para-hydroxylation sites is 1. The minimum atomic E-state index is -0.523. The average Bonchev–Trinajstić information content (AvgIpc) is 3.24. The highest BCUT2D eigenvalue weighted by Gasteiger charge is 2.41. The Morgan fingerprint density at radius 3 is 2.67 bits per heavy atom. The number of amides is 1. The molecule has 0 fully saturated rings. The van der Waals surface area contributed by atoms with E-state index in [4.69, 9.17) is 4.74 Å². The molecule has 3 aromatic rings. The highest BCUT2D eigenvalue weighted by atomic mass is 16.5. The molecule has 1 aliphatic rings.